The second kappa shape index (κ2) is 6.16. The SMILES string of the molecule is COc1ccc(N2CC(O)=C(c3nc(C)c(C)s3)C2=N)cc1OC. The van der Waals surface area contributed by atoms with E-state index in [1.54, 1.807) is 31.3 Å². The maximum Gasteiger partial charge on any atom is 0.162 e. The van der Waals surface area contributed by atoms with Crippen LogP contribution in [0.5, 0.6) is 11.5 Å². The summed E-state index contributed by atoms with van der Waals surface area (Å²) in [5, 5.41) is 19.5. The lowest BCUT2D eigenvalue weighted by Gasteiger charge is -2.20. The Morgan fingerprint density at radius 2 is 1.92 bits per heavy atom. The number of ether oxygens (including phenoxy) is 2. The van der Waals surface area contributed by atoms with E-state index in [-0.39, 0.29) is 18.1 Å². The number of anilines is 1. The molecule has 0 amide bonds. The van der Waals surface area contributed by atoms with Crippen molar-refractivity contribution in [1.82, 2.24) is 4.98 Å². The van der Waals surface area contributed by atoms with Crippen molar-refractivity contribution < 1.29 is 14.6 Å². The Kier molecular flexibility index (Phi) is 4.19. The van der Waals surface area contributed by atoms with Crippen molar-refractivity contribution in [2.24, 2.45) is 0 Å². The molecule has 1 aliphatic heterocycles. The van der Waals surface area contributed by atoms with E-state index >= 15 is 0 Å². The average molecular weight is 345 g/mol. The van der Waals surface area contributed by atoms with Gasteiger partial charge in [-0.25, -0.2) is 4.98 Å². The zero-order chi connectivity index (χ0) is 17.4. The Morgan fingerprint density at radius 1 is 1.21 bits per heavy atom. The predicted molar refractivity (Wildman–Crippen MR) is 95.8 cm³/mol. The van der Waals surface area contributed by atoms with Gasteiger partial charge in [0, 0.05) is 16.6 Å². The third kappa shape index (κ3) is 2.60. The predicted octanol–water partition coefficient (Wildman–Crippen LogP) is 3.54. The Labute approximate surface area is 144 Å². The second-order valence-electron chi connectivity index (χ2n) is 5.46. The molecule has 2 aromatic rings. The van der Waals surface area contributed by atoms with Gasteiger partial charge in [0.25, 0.3) is 0 Å². The van der Waals surface area contributed by atoms with Crippen LogP contribution in [-0.4, -0.2) is 36.7 Å². The summed E-state index contributed by atoms with van der Waals surface area (Å²) in [7, 11) is 3.15. The molecule has 0 spiro atoms. The Hall–Kier alpha value is -2.54. The molecule has 24 heavy (non-hydrogen) atoms. The lowest BCUT2D eigenvalue weighted by atomic mass is 10.2. The summed E-state index contributed by atoms with van der Waals surface area (Å²) in [6.45, 7) is 4.15. The molecule has 2 N–H and O–H groups in total. The molecule has 6 nitrogen and oxygen atoms in total. The number of hydrogen-bond donors (Lipinski definition) is 2. The first kappa shape index (κ1) is 16.3. The zero-order valence-corrected chi connectivity index (χ0v) is 14.8. The van der Waals surface area contributed by atoms with Gasteiger partial charge in [0.05, 0.1) is 32.0 Å². The maximum atomic E-state index is 10.4. The largest absolute Gasteiger partial charge is 0.510 e. The van der Waals surface area contributed by atoms with E-state index in [2.05, 4.69) is 4.98 Å². The fourth-order valence-electron chi connectivity index (χ4n) is 2.60. The molecule has 126 valence electrons. The Bertz CT molecular complexity index is 822. The quantitative estimate of drug-likeness (QED) is 0.886. The highest BCUT2D eigenvalue weighted by Crippen LogP contribution is 2.37. The van der Waals surface area contributed by atoms with Gasteiger partial charge in [0.15, 0.2) is 11.5 Å². The van der Waals surface area contributed by atoms with Crippen molar-refractivity contribution in [3.63, 3.8) is 0 Å². The highest BCUT2D eigenvalue weighted by atomic mass is 32.1. The first-order valence-electron chi connectivity index (χ1n) is 7.41. The summed E-state index contributed by atoms with van der Waals surface area (Å²) in [6.07, 6.45) is 0. The second-order valence-corrected chi connectivity index (χ2v) is 6.66. The van der Waals surface area contributed by atoms with Gasteiger partial charge < -0.3 is 19.5 Å². The number of hydrogen-bond acceptors (Lipinski definition) is 6. The molecule has 0 fully saturated rings. The molecule has 1 aliphatic rings. The Morgan fingerprint density at radius 3 is 2.50 bits per heavy atom. The smallest absolute Gasteiger partial charge is 0.162 e. The van der Waals surface area contributed by atoms with E-state index in [4.69, 9.17) is 14.9 Å². The molecular formula is C17H19N3O3S. The van der Waals surface area contributed by atoms with Gasteiger partial charge in [-0.1, -0.05) is 0 Å². The number of nitrogens with one attached hydrogen (secondary N) is 1. The number of nitrogens with zero attached hydrogens (tertiary/aromatic N) is 2. The number of benzene rings is 1. The van der Waals surface area contributed by atoms with E-state index in [1.165, 1.54) is 11.3 Å². The van der Waals surface area contributed by atoms with Crippen molar-refractivity contribution >= 4 is 28.4 Å². The molecule has 0 unspecified atom stereocenters. The molecule has 0 aliphatic carbocycles. The highest BCUT2D eigenvalue weighted by molar-refractivity contribution is 7.13. The minimum Gasteiger partial charge on any atom is -0.510 e. The number of aromatic nitrogens is 1. The maximum absolute atomic E-state index is 10.4. The van der Waals surface area contributed by atoms with Gasteiger partial charge >= 0.3 is 0 Å². The average Bonchev–Trinajstić information content (AvgIpc) is 3.05. The van der Waals surface area contributed by atoms with Crippen LogP contribution in [0.2, 0.25) is 0 Å². The van der Waals surface area contributed by atoms with Crippen LogP contribution < -0.4 is 14.4 Å². The normalized spacial score (nSPS) is 14.5. The molecule has 2 heterocycles. The molecule has 0 bridgehead atoms. The monoisotopic (exact) mass is 345 g/mol. The van der Waals surface area contributed by atoms with Crippen LogP contribution in [0.1, 0.15) is 15.6 Å². The first-order valence-corrected chi connectivity index (χ1v) is 8.23. The van der Waals surface area contributed by atoms with Crippen molar-refractivity contribution in [3.8, 4) is 11.5 Å². The summed E-state index contributed by atoms with van der Waals surface area (Å²) in [5.74, 6) is 1.59. The molecule has 3 rings (SSSR count). The summed E-state index contributed by atoms with van der Waals surface area (Å²) in [4.78, 5) is 7.28. The number of thiazole rings is 1. The van der Waals surface area contributed by atoms with Crippen molar-refractivity contribution in [3.05, 3.63) is 39.5 Å². The first-order chi connectivity index (χ1) is 11.5. The standard InChI is InChI=1S/C17H19N3O3S/c1-9-10(2)24-17(19-9)15-12(21)8-20(16(15)18)11-5-6-13(22-3)14(7-11)23-4/h5-7,18,21H,8H2,1-4H3. The number of aliphatic hydroxyl groups excluding tert-OH is 1. The fourth-order valence-corrected chi connectivity index (χ4v) is 3.58. The van der Waals surface area contributed by atoms with Gasteiger partial charge in [0.1, 0.15) is 16.6 Å². The minimum absolute atomic E-state index is 0.156. The number of aryl methyl sites for hydroxylation is 2. The van der Waals surface area contributed by atoms with Crippen molar-refractivity contribution in [1.29, 1.82) is 5.41 Å². The Balaban J connectivity index is 1.95. The van der Waals surface area contributed by atoms with Crippen LogP contribution in [0.4, 0.5) is 5.69 Å². The molecule has 0 radical (unpaired) electrons. The van der Waals surface area contributed by atoms with E-state index in [9.17, 15) is 5.11 Å². The van der Waals surface area contributed by atoms with E-state index in [0.717, 1.165) is 16.3 Å². The van der Waals surface area contributed by atoms with Crippen LogP contribution in [0, 0.1) is 19.3 Å². The number of aliphatic hydroxyl groups is 1. The van der Waals surface area contributed by atoms with Crippen molar-refractivity contribution in [2.75, 3.05) is 25.7 Å². The number of amidine groups is 1. The molecular weight excluding hydrogens is 326 g/mol. The van der Waals surface area contributed by atoms with Crippen LogP contribution >= 0.6 is 11.3 Å². The summed E-state index contributed by atoms with van der Waals surface area (Å²) >= 11 is 1.49. The third-order valence-corrected chi connectivity index (χ3v) is 5.11. The summed E-state index contributed by atoms with van der Waals surface area (Å²) in [6, 6.07) is 5.42. The van der Waals surface area contributed by atoms with Gasteiger partial charge in [-0.15, -0.1) is 11.3 Å². The zero-order valence-electron chi connectivity index (χ0n) is 14.0. The van der Waals surface area contributed by atoms with Gasteiger partial charge in [-0.2, -0.15) is 0 Å². The van der Waals surface area contributed by atoms with Crippen LogP contribution in [-0.2, 0) is 0 Å². The lowest BCUT2D eigenvalue weighted by molar-refractivity contribution is 0.355. The number of rotatable bonds is 4. The molecule has 7 heteroatoms. The van der Waals surface area contributed by atoms with Gasteiger partial charge in [0.2, 0.25) is 0 Å². The summed E-state index contributed by atoms with van der Waals surface area (Å²) in [5.41, 5.74) is 2.17. The van der Waals surface area contributed by atoms with Crippen LogP contribution in [0.3, 0.4) is 0 Å². The molecule has 0 saturated heterocycles. The van der Waals surface area contributed by atoms with Crippen LogP contribution in [0.15, 0.2) is 24.0 Å². The van der Waals surface area contributed by atoms with Crippen molar-refractivity contribution in [2.45, 2.75) is 13.8 Å². The fraction of sp³-hybridized carbons (Fsp3) is 0.294. The van der Waals surface area contributed by atoms with E-state index in [0.29, 0.717) is 22.1 Å². The molecule has 1 aromatic heterocycles. The topological polar surface area (TPSA) is 78.7 Å². The van der Waals surface area contributed by atoms with Gasteiger partial charge in [-0.3, -0.25) is 5.41 Å². The number of methoxy groups -OCH3 is 2. The minimum atomic E-state index is 0.156. The van der Waals surface area contributed by atoms with E-state index in [1.807, 2.05) is 19.9 Å². The summed E-state index contributed by atoms with van der Waals surface area (Å²) < 4.78 is 10.6. The van der Waals surface area contributed by atoms with Crippen LogP contribution in [0.25, 0.3) is 5.57 Å². The highest BCUT2D eigenvalue weighted by Gasteiger charge is 2.31. The molecule has 0 saturated carbocycles. The third-order valence-electron chi connectivity index (χ3n) is 4.02. The molecule has 0 atom stereocenters. The molecule has 1 aromatic carbocycles. The lowest BCUT2D eigenvalue weighted by Crippen LogP contribution is -2.26. The van der Waals surface area contributed by atoms with Gasteiger partial charge in [-0.05, 0) is 26.0 Å². The van der Waals surface area contributed by atoms with E-state index < -0.39 is 0 Å².